The van der Waals surface area contributed by atoms with Crippen LogP contribution < -0.4 is 11.3 Å². The van der Waals surface area contributed by atoms with Gasteiger partial charge in [-0.05, 0) is 12.1 Å². The van der Waals surface area contributed by atoms with Gasteiger partial charge in [0.25, 0.3) is 5.91 Å². The highest BCUT2D eigenvalue weighted by Gasteiger charge is 2.26. The van der Waals surface area contributed by atoms with Gasteiger partial charge in [-0.1, -0.05) is 6.07 Å². The second-order valence-electron chi connectivity index (χ2n) is 4.37. The number of nitrogen functional groups attached to an aromatic ring is 1. The summed E-state index contributed by atoms with van der Waals surface area (Å²) in [6.07, 6.45) is 3.23. The van der Waals surface area contributed by atoms with Gasteiger partial charge in [-0.2, -0.15) is 5.10 Å². The molecule has 0 aliphatic carbocycles. The van der Waals surface area contributed by atoms with Crippen LogP contribution in [0.15, 0.2) is 30.6 Å². The van der Waals surface area contributed by atoms with Gasteiger partial charge in [-0.25, -0.2) is 0 Å². The Morgan fingerprint density at radius 1 is 1.57 bits per heavy atom. The molecule has 1 aromatic heterocycles. The predicted octanol–water partition coefficient (Wildman–Crippen LogP) is 0.876. The first-order valence-electron chi connectivity index (χ1n) is 6.01. The number of aromatic nitrogens is 2. The Bertz CT molecular complexity index is 655. The normalized spacial score (nSPS) is 10.2. The number of hydrogen-bond donors (Lipinski definition) is 3. The number of hydrazine groups is 1. The zero-order chi connectivity index (χ0) is 15.4. The predicted molar refractivity (Wildman–Crippen MR) is 75.3 cm³/mol. The standard InChI is InChI=1S/C12H14N6O3/c1-17(7-8-5-14-15-6-8)12(19)9-3-2-4-10(16-13)11(9)18(20)21/h2-6,16H,7,13H2,1H3,(H,14,15). The summed E-state index contributed by atoms with van der Waals surface area (Å²) in [4.78, 5) is 24.3. The topological polar surface area (TPSA) is 130 Å². The van der Waals surface area contributed by atoms with Gasteiger partial charge >= 0.3 is 5.69 Å². The Labute approximate surface area is 119 Å². The van der Waals surface area contributed by atoms with Crippen molar-refractivity contribution in [1.29, 1.82) is 0 Å². The number of benzene rings is 1. The van der Waals surface area contributed by atoms with E-state index in [2.05, 4.69) is 15.6 Å². The Morgan fingerprint density at radius 3 is 2.90 bits per heavy atom. The molecule has 1 heterocycles. The number of para-hydroxylation sites is 1. The van der Waals surface area contributed by atoms with Crippen LogP contribution in [-0.2, 0) is 6.54 Å². The molecule has 0 spiro atoms. The first-order valence-corrected chi connectivity index (χ1v) is 6.01. The van der Waals surface area contributed by atoms with E-state index in [0.29, 0.717) is 0 Å². The maximum atomic E-state index is 12.4. The first kappa shape index (κ1) is 14.5. The second-order valence-corrected chi connectivity index (χ2v) is 4.37. The fourth-order valence-electron chi connectivity index (χ4n) is 1.94. The van der Waals surface area contributed by atoms with Gasteiger partial charge in [0.05, 0.1) is 11.1 Å². The number of H-pyrrole nitrogens is 1. The highest BCUT2D eigenvalue weighted by molar-refractivity contribution is 6.00. The molecule has 0 bridgehead atoms. The first-order chi connectivity index (χ1) is 10.0. The van der Waals surface area contributed by atoms with Crippen LogP contribution in [0.5, 0.6) is 0 Å². The molecule has 0 aliphatic heterocycles. The molecule has 0 fully saturated rings. The number of nitro benzene ring substituents is 1. The monoisotopic (exact) mass is 290 g/mol. The number of carbonyl (C=O) groups excluding carboxylic acids is 1. The van der Waals surface area contributed by atoms with Crippen molar-refractivity contribution in [2.45, 2.75) is 6.54 Å². The van der Waals surface area contributed by atoms with Crippen LogP contribution in [0, 0.1) is 10.1 Å². The van der Waals surface area contributed by atoms with Crippen molar-refractivity contribution in [3.05, 3.63) is 51.8 Å². The quantitative estimate of drug-likeness (QED) is 0.425. The van der Waals surface area contributed by atoms with Gasteiger partial charge in [0.1, 0.15) is 11.3 Å². The summed E-state index contributed by atoms with van der Waals surface area (Å²) in [7, 11) is 1.56. The average molecular weight is 290 g/mol. The lowest BCUT2D eigenvalue weighted by molar-refractivity contribution is -0.384. The van der Waals surface area contributed by atoms with Gasteiger partial charge in [0, 0.05) is 25.4 Å². The third-order valence-electron chi connectivity index (χ3n) is 2.93. The molecule has 0 saturated heterocycles. The highest BCUT2D eigenvalue weighted by atomic mass is 16.6. The molecule has 0 aliphatic rings. The molecule has 9 nitrogen and oxygen atoms in total. The van der Waals surface area contributed by atoms with Gasteiger partial charge in [0.2, 0.25) is 0 Å². The summed E-state index contributed by atoms with van der Waals surface area (Å²) in [5.41, 5.74) is 2.74. The Morgan fingerprint density at radius 2 is 2.33 bits per heavy atom. The fourth-order valence-corrected chi connectivity index (χ4v) is 1.94. The third kappa shape index (κ3) is 2.98. The molecule has 2 aromatic rings. The summed E-state index contributed by atoms with van der Waals surface area (Å²) in [6, 6.07) is 4.36. The van der Waals surface area contributed by atoms with Crippen molar-refractivity contribution < 1.29 is 9.72 Å². The van der Waals surface area contributed by atoms with Gasteiger partial charge < -0.3 is 10.3 Å². The molecule has 4 N–H and O–H groups in total. The molecule has 0 unspecified atom stereocenters. The van der Waals surface area contributed by atoms with Gasteiger partial charge in [0.15, 0.2) is 0 Å². The maximum Gasteiger partial charge on any atom is 0.306 e. The summed E-state index contributed by atoms with van der Waals surface area (Å²) in [5.74, 6) is 4.78. The Kier molecular flexibility index (Phi) is 4.14. The minimum Gasteiger partial charge on any atom is -0.337 e. The molecule has 1 amide bonds. The number of nitrogens with one attached hydrogen (secondary N) is 2. The minimum atomic E-state index is -0.631. The summed E-state index contributed by atoms with van der Waals surface area (Å²) >= 11 is 0. The Balaban J connectivity index is 2.32. The van der Waals surface area contributed by atoms with Crippen molar-refractivity contribution in [2.75, 3.05) is 12.5 Å². The van der Waals surface area contributed by atoms with E-state index in [1.54, 1.807) is 19.4 Å². The van der Waals surface area contributed by atoms with Crippen molar-refractivity contribution in [2.24, 2.45) is 5.84 Å². The van der Waals surface area contributed by atoms with Crippen LogP contribution in [-0.4, -0.2) is 33.0 Å². The van der Waals surface area contributed by atoms with Crippen LogP contribution in [0.25, 0.3) is 0 Å². The zero-order valence-corrected chi connectivity index (χ0v) is 11.2. The number of anilines is 1. The molecule has 110 valence electrons. The van der Waals surface area contributed by atoms with E-state index in [9.17, 15) is 14.9 Å². The SMILES string of the molecule is CN(Cc1cn[nH]c1)C(=O)c1cccc(NN)c1[N+](=O)[O-]. The lowest BCUT2D eigenvalue weighted by Gasteiger charge is -2.16. The Hall–Kier alpha value is -2.94. The van der Waals surface area contributed by atoms with E-state index in [0.717, 1.165) is 5.56 Å². The van der Waals surface area contributed by atoms with Crippen LogP contribution in [0.3, 0.4) is 0 Å². The smallest absolute Gasteiger partial charge is 0.306 e. The van der Waals surface area contributed by atoms with E-state index < -0.39 is 10.8 Å². The van der Waals surface area contributed by atoms with Crippen molar-refractivity contribution >= 4 is 17.3 Å². The van der Waals surface area contributed by atoms with E-state index in [-0.39, 0.29) is 23.5 Å². The average Bonchev–Trinajstić information content (AvgIpc) is 2.98. The summed E-state index contributed by atoms with van der Waals surface area (Å²) in [5, 5.41) is 17.6. The van der Waals surface area contributed by atoms with Crippen LogP contribution in [0.4, 0.5) is 11.4 Å². The molecular formula is C12H14N6O3. The number of hydrogen-bond acceptors (Lipinski definition) is 6. The van der Waals surface area contributed by atoms with Crippen molar-refractivity contribution in [3.8, 4) is 0 Å². The molecule has 1 aromatic carbocycles. The van der Waals surface area contributed by atoms with Gasteiger partial charge in [-0.3, -0.25) is 25.9 Å². The number of amides is 1. The molecular weight excluding hydrogens is 276 g/mol. The van der Waals surface area contributed by atoms with E-state index >= 15 is 0 Å². The number of nitrogens with two attached hydrogens (primary N) is 1. The summed E-state index contributed by atoms with van der Waals surface area (Å²) in [6.45, 7) is 0.284. The summed E-state index contributed by atoms with van der Waals surface area (Å²) < 4.78 is 0. The lowest BCUT2D eigenvalue weighted by atomic mass is 10.1. The molecule has 0 atom stereocenters. The fraction of sp³-hybridized carbons (Fsp3) is 0.167. The van der Waals surface area contributed by atoms with E-state index in [1.807, 2.05) is 0 Å². The number of carbonyl (C=O) groups is 1. The van der Waals surface area contributed by atoms with Crippen molar-refractivity contribution in [1.82, 2.24) is 15.1 Å². The largest absolute Gasteiger partial charge is 0.337 e. The number of nitrogens with zero attached hydrogens (tertiary/aromatic N) is 3. The maximum absolute atomic E-state index is 12.4. The van der Waals surface area contributed by atoms with E-state index in [1.165, 1.54) is 23.1 Å². The molecule has 9 heteroatoms. The molecule has 0 radical (unpaired) electrons. The highest BCUT2D eigenvalue weighted by Crippen LogP contribution is 2.28. The van der Waals surface area contributed by atoms with E-state index in [4.69, 9.17) is 5.84 Å². The lowest BCUT2D eigenvalue weighted by Crippen LogP contribution is -2.27. The second kappa shape index (κ2) is 6.01. The van der Waals surface area contributed by atoms with Crippen LogP contribution >= 0.6 is 0 Å². The van der Waals surface area contributed by atoms with Crippen LogP contribution in [0.2, 0.25) is 0 Å². The zero-order valence-electron chi connectivity index (χ0n) is 11.2. The minimum absolute atomic E-state index is 0.0264. The number of rotatable bonds is 5. The third-order valence-corrected chi connectivity index (χ3v) is 2.93. The number of nitro groups is 1. The molecule has 0 saturated carbocycles. The number of aromatic amines is 1. The van der Waals surface area contributed by atoms with Crippen molar-refractivity contribution in [3.63, 3.8) is 0 Å². The molecule has 21 heavy (non-hydrogen) atoms. The van der Waals surface area contributed by atoms with Crippen LogP contribution in [0.1, 0.15) is 15.9 Å². The molecule has 2 rings (SSSR count). The van der Waals surface area contributed by atoms with Gasteiger partial charge in [-0.15, -0.1) is 0 Å².